The van der Waals surface area contributed by atoms with E-state index in [0.717, 1.165) is 23.1 Å². The van der Waals surface area contributed by atoms with Crippen molar-refractivity contribution in [3.8, 4) is 5.75 Å². The summed E-state index contributed by atoms with van der Waals surface area (Å²) in [6.45, 7) is 5.97. The fourth-order valence-corrected chi connectivity index (χ4v) is 6.96. The highest BCUT2D eigenvalue weighted by Crippen LogP contribution is 2.39. The number of nitrogens with zero attached hydrogens (tertiary/aromatic N) is 2. The average Bonchev–Trinajstić information content (AvgIpc) is 3.31. The van der Waals surface area contributed by atoms with E-state index >= 15 is 0 Å². The normalized spacial score (nSPS) is 16.1. The lowest BCUT2D eigenvalue weighted by Crippen LogP contribution is -2.48. The van der Waals surface area contributed by atoms with E-state index in [2.05, 4.69) is 17.5 Å². The number of sulfonamides is 1. The highest BCUT2D eigenvalue weighted by molar-refractivity contribution is 7.89. The molecule has 0 fully saturated rings. The van der Waals surface area contributed by atoms with Crippen LogP contribution in [0.15, 0.2) is 64.9 Å². The third-order valence-corrected chi connectivity index (χ3v) is 9.33. The fraction of sp³-hybridized carbons (Fsp3) is 0.346. The molecule has 3 aromatic rings. The minimum absolute atomic E-state index is 0.143. The molecule has 0 saturated carbocycles. The minimum atomic E-state index is -3.87. The first-order chi connectivity index (χ1) is 16.2. The molecule has 0 radical (unpaired) electrons. The minimum Gasteiger partial charge on any atom is -0.497 e. The number of hydrogen-bond acceptors (Lipinski definition) is 5. The second-order valence-corrected chi connectivity index (χ2v) is 11.6. The van der Waals surface area contributed by atoms with Crippen molar-refractivity contribution in [1.29, 1.82) is 0 Å². The van der Waals surface area contributed by atoms with Crippen LogP contribution in [0.25, 0.3) is 0 Å². The number of carbonyl (C=O) groups excluding carboxylic acids is 1. The third kappa shape index (κ3) is 4.62. The van der Waals surface area contributed by atoms with Crippen molar-refractivity contribution in [2.45, 2.75) is 44.2 Å². The SMILES string of the molecule is COc1ccc(S(=O)(=O)N(CC(=O)N2CCc3sccc3C2c2ccccc2C)C(C)C)cc1. The number of thiophene rings is 1. The van der Waals surface area contributed by atoms with E-state index in [9.17, 15) is 13.2 Å². The predicted octanol–water partition coefficient (Wildman–Crippen LogP) is 4.64. The van der Waals surface area contributed by atoms with Crippen LogP contribution in [0.2, 0.25) is 0 Å². The van der Waals surface area contributed by atoms with Crippen LogP contribution in [0.4, 0.5) is 0 Å². The number of amides is 1. The van der Waals surface area contributed by atoms with Gasteiger partial charge in [0, 0.05) is 17.5 Å². The molecule has 1 unspecified atom stereocenters. The van der Waals surface area contributed by atoms with Gasteiger partial charge >= 0.3 is 0 Å². The van der Waals surface area contributed by atoms with Gasteiger partial charge in [0.05, 0.1) is 24.6 Å². The molecule has 1 aromatic heterocycles. The van der Waals surface area contributed by atoms with E-state index in [4.69, 9.17) is 4.74 Å². The van der Waals surface area contributed by atoms with Gasteiger partial charge in [-0.25, -0.2) is 8.42 Å². The molecule has 6 nitrogen and oxygen atoms in total. The largest absolute Gasteiger partial charge is 0.497 e. The number of ether oxygens (including phenoxy) is 1. The van der Waals surface area contributed by atoms with Gasteiger partial charge in [-0.3, -0.25) is 4.79 Å². The molecule has 2 aromatic carbocycles. The van der Waals surface area contributed by atoms with Crippen molar-refractivity contribution in [2.24, 2.45) is 0 Å². The van der Waals surface area contributed by atoms with Gasteiger partial charge in [-0.15, -0.1) is 11.3 Å². The number of rotatable bonds is 7. The van der Waals surface area contributed by atoms with Crippen molar-refractivity contribution >= 4 is 27.3 Å². The Morgan fingerprint density at radius 3 is 2.47 bits per heavy atom. The van der Waals surface area contributed by atoms with Gasteiger partial charge in [-0.2, -0.15) is 4.31 Å². The Hall–Kier alpha value is -2.68. The van der Waals surface area contributed by atoms with Crippen molar-refractivity contribution in [1.82, 2.24) is 9.21 Å². The maximum atomic E-state index is 13.7. The summed E-state index contributed by atoms with van der Waals surface area (Å²) in [5.41, 5.74) is 3.31. The van der Waals surface area contributed by atoms with Gasteiger partial charge in [-0.1, -0.05) is 24.3 Å². The predicted molar refractivity (Wildman–Crippen MR) is 135 cm³/mol. The first-order valence-corrected chi connectivity index (χ1v) is 13.6. The number of carbonyl (C=O) groups is 1. The average molecular weight is 499 g/mol. The zero-order valence-electron chi connectivity index (χ0n) is 19.9. The Kier molecular flexibility index (Phi) is 7.12. The molecule has 0 N–H and O–H groups in total. The van der Waals surface area contributed by atoms with Crippen LogP contribution < -0.4 is 4.74 Å². The van der Waals surface area contributed by atoms with E-state index < -0.39 is 10.0 Å². The summed E-state index contributed by atoms with van der Waals surface area (Å²) in [4.78, 5) is 17.0. The van der Waals surface area contributed by atoms with Gasteiger partial charge in [0.25, 0.3) is 0 Å². The lowest BCUT2D eigenvalue weighted by atomic mass is 9.90. The molecule has 8 heteroatoms. The summed E-state index contributed by atoms with van der Waals surface area (Å²) in [5, 5.41) is 2.07. The Labute approximate surface area is 205 Å². The van der Waals surface area contributed by atoms with E-state index in [0.29, 0.717) is 12.3 Å². The zero-order chi connectivity index (χ0) is 24.5. The number of benzene rings is 2. The smallest absolute Gasteiger partial charge is 0.243 e. The van der Waals surface area contributed by atoms with Gasteiger partial charge in [-0.05, 0) is 79.6 Å². The molecule has 0 bridgehead atoms. The molecule has 0 spiro atoms. The van der Waals surface area contributed by atoms with Crippen molar-refractivity contribution in [2.75, 3.05) is 20.2 Å². The van der Waals surface area contributed by atoms with E-state index in [1.807, 2.05) is 30.0 Å². The Balaban J connectivity index is 1.66. The molecule has 1 amide bonds. The molecule has 1 aliphatic rings. The molecule has 2 heterocycles. The lowest BCUT2D eigenvalue weighted by molar-refractivity contribution is -0.133. The van der Waals surface area contributed by atoms with Crippen molar-refractivity contribution in [3.63, 3.8) is 0 Å². The van der Waals surface area contributed by atoms with Crippen LogP contribution in [0, 0.1) is 6.92 Å². The summed E-state index contributed by atoms with van der Waals surface area (Å²) in [5.74, 6) is 0.378. The molecular weight excluding hydrogens is 468 g/mol. The molecule has 34 heavy (non-hydrogen) atoms. The highest BCUT2D eigenvalue weighted by Gasteiger charge is 2.36. The maximum absolute atomic E-state index is 13.7. The number of aryl methyl sites for hydroxylation is 1. The monoisotopic (exact) mass is 498 g/mol. The van der Waals surface area contributed by atoms with Gasteiger partial charge in [0.2, 0.25) is 15.9 Å². The molecule has 180 valence electrons. The summed E-state index contributed by atoms with van der Waals surface area (Å²) >= 11 is 1.71. The third-order valence-electron chi connectivity index (χ3n) is 6.30. The Morgan fingerprint density at radius 1 is 1.12 bits per heavy atom. The molecule has 1 atom stereocenters. The molecule has 1 aliphatic heterocycles. The second-order valence-electron chi connectivity index (χ2n) is 8.71. The van der Waals surface area contributed by atoms with Gasteiger partial charge in [0.1, 0.15) is 5.75 Å². The van der Waals surface area contributed by atoms with Gasteiger partial charge in [0.15, 0.2) is 0 Å². The quantitative estimate of drug-likeness (QED) is 0.476. The maximum Gasteiger partial charge on any atom is 0.243 e. The lowest BCUT2D eigenvalue weighted by Gasteiger charge is -2.38. The van der Waals surface area contributed by atoms with E-state index in [1.165, 1.54) is 28.4 Å². The van der Waals surface area contributed by atoms with E-state index in [-0.39, 0.29) is 29.4 Å². The summed E-state index contributed by atoms with van der Waals surface area (Å²) in [6.07, 6.45) is 0.772. The summed E-state index contributed by atoms with van der Waals surface area (Å²) in [6, 6.07) is 15.8. The fourth-order valence-electron chi connectivity index (χ4n) is 4.47. The first-order valence-electron chi connectivity index (χ1n) is 11.3. The van der Waals surface area contributed by atoms with Gasteiger partial charge < -0.3 is 9.64 Å². The van der Waals surface area contributed by atoms with Crippen LogP contribution >= 0.6 is 11.3 Å². The molecule has 0 saturated heterocycles. The topological polar surface area (TPSA) is 66.9 Å². The van der Waals surface area contributed by atoms with Crippen LogP contribution in [0.1, 0.15) is 41.5 Å². The zero-order valence-corrected chi connectivity index (χ0v) is 21.5. The van der Waals surface area contributed by atoms with Crippen LogP contribution in [0.3, 0.4) is 0 Å². The second kappa shape index (κ2) is 9.90. The molecule has 4 rings (SSSR count). The number of fused-ring (bicyclic) bond motifs is 1. The van der Waals surface area contributed by atoms with Crippen LogP contribution in [-0.2, 0) is 21.2 Å². The number of hydrogen-bond donors (Lipinski definition) is 0. The molecular formula is C26H30N2O4S2. The van der Waals surface area contributed by atoms with Crippen LogP contribution in [0.5, 0.6) is 5.75 Å². The Morgan fingerprint density at radius 2 is 1.82 bits per heavy atom. The van der Waals surface area contributed by atoms with Crippen molar-refractivity contribution in [3.05, 3.63) is 81.5 Å². The summed E-state index contributed by atoms with van der Waals surface area (Å²) < 4.78 is 33.4. The highest BCUT2D eigenvalue weighted by atomic mass is 32.2. The Bertz CT molecular complexity index is 1270. The van der Waals surface area contributed by atoms with E-state index in [1.54, 1.807) is 37.3 Å². The van der Waals surface area contributed by atoms with Crippen LogP contribution in [-0.4, -0.2) is 49.8 Å². The number of methoxy groups -OCH3 is 1. The standard InChI is InChI=1S/C26H30N2O4S2/c1-18(2)28(34(30,31)21-11-9-20(32-4)10-12-21)17-25(29)27-15-13-24-23(14-16-33-24)26(27)22-8-6-5-7-19(22)3/h5-12,14,16,18,26H,13,15,17H2,1-4H3. The van der Waals surface area contributed by atoms with Crippen molar-refractivity contribution < 1.29 is 17.9 Å². The molecule has 0 aliphatic carbocycles. The first kappa shape index (κ1) is 24.4. The summed E-state index contributed by atoms with van der Waals surface area (Å²) in [7, 11) is -2.33.